The van der Waals surface area contributed by atoms with Crippen molar-refractivity contribution in [2.45, 2.75) is 18.8 Å². The van der Waals surface area contributed by atoms with Crippen LogP contribution in [0, 0.1) is 0 Å². The van der Waals surface area contributed by atoms with Crippen LogP contribution < -0.4 is 4.74 Å². The summed E-state index contributed by atoms with van der Waals surface area (Å²) in [5, 5.41) is 15.1. The molecular formula is C30H27ClF3N5O4. The first-order valence-electron chi connectivity index (χ1n) is 13.6. The topological polar surface area (TPSA) is 101 Å². The minimum absolute atomic E-state index is 0.122. The van der Waals surface area contributed by atoms with Crippen molar-refractivity contribution in [3.05, 3.63) is 83.1 Å². The Balaban J connectivity index is 0.955. The number of hydrogen-bond acceptors (Lipinski definition) is 9. The molecule has 3 aromatic carbocycles. The summed E-state index contributed by atoms with van der Waals surface area (Å²) in [6, 6.07) is 17.3. The van der Waals surface area contributed by atoms with Crippen LogP contribution in [0.2, 0.25) is 5.02 Å². The number of ether oxygens (including phenoxy) is 1. The number of hydrogen-bond donors (Lipinski definition) is 1. The number of aliphatic hydroxyl groups is 1. The van der Waals surface area contributed by atoms with Gasteiger partial charge in [0, 0.05) is 44.4 Å². The van der Waals surface area contributed by atoms with Crippen molar-refractivity contribution in [3.8, 4) is 28.7 Å². The molecule has 1 aliphatic heterocycles. The van der Waals surface area contributed by atoms with E-state index in [1.165, 1.54) is 12.1 Å². The molecular weight excluding hydrogens is 587 g/mol. The van der Waals surface area contributed by atoms with Crippen molar-refractivity contribution in [2.24, 2.45) is 0 Å². The molecule has 13 heteroatoms. The van der Waals surface area contributed by atoms with Crippen LogP contribution in [0.1, 0.15) is 11.4 Å². The molecule has 0 unspecified atom stereocenters. The van der Waals surface area contributed by atoms with Crippen molar-refractivity contribution < 1.29 is 32.0 Å². The van der Waals surface area contributed by atoms with E-state index in [2.05, 4.69) is 24.9 Å². The highest BCUT2D eigenvalue weighted by atomic mass is 35.5. The molecule has 1 fully saturated rings. The second-order valence-electron chi connectivity index (χ2n) is 10.3. The summed E-state index contributed by atoms with van der Waals surface area (Å²) in [5.74, 6) is 1.64. The number of fused-ring (bicyclic) bond motifs is 1. The Morgan fingerprint density at radius 2 is 1.67 bits per heavy atom. The fraction of sp³-hybridized carbons (Fsp3) is 0.300. The van der Waals surface area contributed by atoms with Crippen LogP contribution in [0.5, 0.6) is 5.75 Å². The Labute approximate surface area is 249 Å². The highest BCUT2D eigenvalue weighted by Crippen LogP contribution is 2.32. The second-order valence-corrected chi connectivity index (χ2v) is 10.7. The van der Waals surface area contributed by atoms with Crippen molar-refractivity contribution in [3.63, 3.8) is 0 Å². The third-order valence-corrected chi connectivity index (χ3v) is 7.46. The molecule has 1 N–H and O–H groups in total. The lowest BCUT2D eigenvalue weighted by molar-refractivity contribution is -0.137. The molecule has 43 heavy (non-hydrogen) atoms. The molecule has 1 atom stereocenters. The molecule has 0 radical (unpaired) electrons. The molecule has 0 bridgehead atoms. The van der Waals surface area contributed by atoms with Crippen LogP contribution in [0.3, 0.4) is 0 Å². The first-order chi connectivity index (χ1) is 20.7. The fourth-order valence-corrected chi connectivity index (χ4v) is 5.07. The number of nitrogens with zero attached hydrogens (tertiary/aromatic N) is 5. The maximum atomic E-state index is 12.8. The van der Waals surface area contributed by atoms with Gasteiger partial charge >= 0.3 is 6.18 Å². The molecule has 1 aliphatic rings. The van der Waals surface area contributed by atoms with E-state index in [0.29, 0.717) is 57.8 Å². The molecule has 0 amide bonds. The van der Waals surface area contributed by atoms with Crippen molar-refractivity contribution in [1.82, 2.24) is 24.9 Å². The number of benzene rings is 3. The van der Waals surface area contributed by atoms with Crippen LogP contribution >= 0.6 is 11.6 Å². The van der Waals surface area contributed by atoms with Gasteiger partial charge < -0.3 is 18.8 Å². The zero-order valence-electron chi connectivity index (χ0n) is 22.8. The molecule has 6 rings (SSSR count). The quantitative estimate of drug-likeness (QED) is 0.222. The zero-order chi connectivity index (χ0) is 30.0. The van der Waals surface area contributed by atoms with Crippen LogP contribution in [0.25, 0.3) is 34.0 Å². The van der Waals surface area contributed by atoms with Crippen LogP contribution in [-0.2, 0) is 12.7 Å². The molecule has 2 aromatic heterocycles. The van der Waals surface area contributed by atoms with E-state index < -0.39 is 17.8 Å². The molecule has 1 saturated heterocycles. The number of rotatable bonds is 9. The maximum absolute atomic E-state index is 12.8. The van der Waals surface area contributed by atoms with E-state index in [4.69, 9.17) is 25.3 Å². The van der Waals surface area contributed by atoms with Gasteiger partial charge in [0.15, 0.2) is 11.4 Å². The van der Waals surface area contributed by atoms with Crippen molar-refractivity contribution >= 4 is 22.7 Å². The minimum Gasteiger partial charge on any atom is -0.491 e. The maximum Gasteiger partial charge on any atom is 0.416 e. The summed E-state index contributed by atoms with van der Waals surface area (Å²) in [6.45, 7) is 3.95. The normalized spacial score (nSPS) is 15.7. The molecule has 9 nitrogen and oxygen atoms in total. The van der Waals surface area contributed by atoms with Crippen LogP contribution in [0.4, 0.5) is 13.2 Å². The number of alkyl halides is 3. The molecule has 0 aliphatic carbocycles. The Hall–Kier alpha value is -3.97. The van der Waals surface area contributed by atoms with Crippen molar-refractivity contribution in [2.75, 3.05) is 39.3 Å². The fourth-order valence-electron chi connectivity index (χ4n) is 4.86. The van der Waals surface area contributed by atoms with Gasteiger partial charge in [-0.25, -0.2) is 4.98 Å². The number of aliphatic hydroxyl groups excluding tert-OH is 1. The summed E-state index contributed by atoms with van der Waals surface area (Å²) < 4.78 is 55.4. The van der Waals surface area contributed by atoms with Gasteiger partial charge in [0.05, 0.1) is 22.7 Å². The van der Waals surface area contributed by atoms with Crippen LogP contribution in [-0.4, -0.2) is 75.5 Å². The van der Waals surface area contributed by atoms with E-state index in [1.54, 1.807) is 24.3 Å². The SMILES string of the molecule is O[C@H](COc1ccc2oc(-c3ccccc3Cl)nc2c1)CN1CCN(Cc2noc(-c3ccc(C(F)(F)F)cc3)n2)CC1. The van der Waals surface area contributed by atoms with Gasteiger partial charge in [-0.2, -0.15) is 18.2 Å². The largest absolute Gasteiger partial charge is 0.491 e. The zero-order valence-corrected chi connectivity index (χ0v) is 23.6. The lowest BCUT2D eigenvalue weighted by Crippen LogP contribution is -2.48. The monoisotopic (exact) mass is 613 g/mol. The van der Waals surface area contributed by atoms with Gasteiger partial charge in [-0.3, -0.25) is 9.80 Å². The second kappa shape index (κ2) is 12.3. The van der Waals surface area contributed by atoms with Crippen LogP contribution in [0.15, 0.2) is 75.7 Å². The Morgan fingerprint density at radius 3 is 2.42 bits per heavy atom. The lowest BCUT2D eigenvalue weighted by Gasteiger charge is -2.34. The van der Waals surface area contributed by atoms with Crippen molar-refractivity contribution in [1.29, 1.82) is 0 Å². The third-order valence-electron chi connectivity index (χ3n) is 7.13. The number of piperazine rings is 1. The molecule has 224 valence electrons. The van der Waals surface area contributed by atoms with Gasteiger partial charge in [-0.05, 0) is 48.5 Å². The first kappa shape index (κ1) is 29.1. The third kappa shape index (κ3) is 6.99. The van der Waals surface area contributed by atoms with E-state index in [9.17, 15) is 18.3 Å². The van der Waals surface area contributed by atoms with E-state index in [-0.39, 0.29) is 12.5 Å². The lowest BCUT2D eigenvalue weighted by atomic mass is 10.1. The first-order valence-corrected chi connectivity index (χ1v) is 14.0. The van der Waals surface area contributed by atoms with E-state index >= 15 is 0 Å². The smallest absolute Gasteiger partial charge is 0.416 e. The Morgan fingerprint density at radius 1 is 0.930 bits per heavy atom. The average molecular weight is 614 g/mol. The molecule has 0 saturated carbocycles. The molecule has 0 spiro atoms. The standard InChI is InChI=1S/C30H27ClF3N5O4/c31-24-4-2-1-3-23(24)29-35-25-15-22(9-10-26(25)42-29)41-18-21(40)16-38-11-13-39(14-12-38)17-27-36-28(43-37-27)19-5-7-20(8-6-19)30(32,33)34/h1-10,15,21,40H,11-14,16-18H2/t21-/m0/s1. The Bertz CT molecular complexity index is 1680. The van der Waals surface area contributed by atoms with Gasteiger partial charge in [-0.15, -0.1) is 0 Å². The summed E-state index contributed by atoms with van der Waals surface area (Å²) in [6.07, 6.45) is -5.09. The van der Waals surface area contributed by atoms with Gasteiger partial charge in [-0.1, -0.05) is 28.9 Å². The highest BCUT2D eigenvalue weighted by Gasteiger charge is 2.30. The molecule has 5 aromatic rings. The number of aromatic nitrogens is 3. The predicted molar refractivity (Wildman–Crippen MR) is 152 cm³/mol. The summed E-state index contributed by atoms with van der Waals surface area (Å²) in [7, 11) is 0. The average Bonchev–Trinajstić information content (AvgIpc) is 3.64. The predicted octanol–water partition coefficient (Wildman–Crippen LogP) is 5.77. The van der Waals surface area contributed by atoms with Gasteiger partial charge in [0.2, 0.25) is 5.89 Å². The molecule has 3 heterocycles. The number of oxazole rings is 1. The van der Waals surface area contributed by atoms with Gasteiger partial charge in [0.25, 0.3) is 5.89 Å². The summed E-state index contributed by atoms with van der Waals surface area (Å²) in [5.41, 5.74) is 1.64. The number of β-amino-alcohol motifs (C(OH)–C–C–N with tert-alkyl or cyclic N) is 1. The summed E-state index contributed by atoms with van der Waals surface area (Å²) in [4.78, 5) is 13.2. The van der Waals surface area contributed by atoms with Gasteiger partial charge in [0.1, 0.15) is 24.0 Å². The van der Waals surface area contributed by atoms with E-state index in [0.717, 1.165) is 38.3 Å². The highest BCUT2D eigenvalue weighted by molar-refractivity contribution is 6.33. The van der Waals surface area contributed by atoms with E-state index in [1.807, 2.05) is 18.2 Å². The Kier molecular flexibility index (Phi) is 8.35. The summed E-state index contributed by atoms with van der Waals surface area (Å²) >= 11 is 6.27. The number of halogens is 4. The minimum atomic E-state index is -4.40.